The maximum Gasteiger partial charge on any atom is 0.408 e. The van der Waals surface area contributed by atoms with Crippen molar-refractivity contribution in [2.24, 2.45) is 7.05 Å². The second-order valence-electron chi connectivity index (χ2n) is 5.20. The van der Waals surface area contributed by atoms with E-state index >= 15 is 0 Å². The Morgan fingerprint density at radius 1 is 1.50 bits per heavy atom. The summed E-state index contributed by atoms with van der Waals surface area (Å²) in [7, 11) is 1.72. The minimum absolute atomic E-state index is 0.151. The second-order valence-corrected chi connectivity index (χ2v) is 5.20. The van der Waals surface area contributed by atoms with Crippen LogP contribution < -0.4 is 5.32 Å². The number of hydrogen-bond acceptors (Lipinski definition) is 5. The summed E-state index contributed by atoms with van der Waals surface area (Å²) < 4.78 is 6.45. The van der Waals surface area contributed by atoms with Crippen LogP contribution in [0.5, 0.6) is 0 Å². The average Bonchev–Trinajstić information content (AvgIpc) is 3.08. The van der Waals surface area contributed by atoms with Gasteiger partial charge in [0.25, 0.3) is 5.91 Å². The summed E-state index contributed by atoms with van der Waals surface area (Å²) in [5.41, 5.74) is 1.62. The van der Waals surface area contributed by atoms with Crippen LogP contribution in [0.2, 0.25) is 0 Å². The fraction of sp³-hybridized carbons (Fsp3) is 0.385. The lowest BCUT2D eigenvalue weighted by atomic mass is 10.1. The first kappa shape index (κ1) is 14.1. The molecule has 2 amide bonds. The van der Waals surface area contributed by atoms with Crippen molar-refractivity contribution >= 4 is 17.8 Å². The average molecular weight is 305 g/mol. The second kappa shape index (κ2) is 4.86. The van der Waals surface area contributed by atoms with E-state index in [1.807, 2.05) is 0 Å². The number of rotatable bonds is 2. The molecule has 2 N–H and O–H groups in total. The zero-order valence-electron chi connectivity index (χ0n) is 12.3. The van der Waals surface area contributed by atoms with Crippen molar-refractivity contribution in [3.8, 4) is 0 Å². The summed E-state index contributed by atoms with van der Waals surface area (Å²) in [4.78, 5) is 24.7. The molecule has 0 fully saturated rings. The molecule has 2 aromatic rings. The van der Waals surface area contributed by atoms with Crippen LogP contribution in [0.25, 0.3) is 0 Å². The van der Waals surface area contributed by atoms with Gasteiger partial charge in [-0.05, 0) is 13.8 Å². The van der Waals surface area contributed by atoms with Gasteiger partial charge < -0.3 is 14.9 Å². The number of carboxylic acid groups (broad SMARTS) is 1. The van der Waals surface area contributed by atoms with E-state index in [0.29, 0.717) is 17.1 Å². The summed E-state index contributed by atoms with van der Waals surface area (Å²) in [6.45, 7) is 3.70. The number of carbonyl (C=O) groups is 2. The third kappa shape index (κ3) is 2.10. The SMILES string of the molecule is Cc1cc(C(=O)Nc2nn(C)c3c2C(C)N(C(=O)O)C3)no1. The Labute approximate surface area is 125 Å². The molecule has 22 heavy (non-hydrogen) atoms. The number of nitrogens with one attached hydrogen (secondary N) is 1. The molecule has 1 atom stereocenters. The van der Waals surface area contributed by atoms with E-state index < -0.39 is 12.0 Å². The van der Waals surface area contributed by atoms with Crippen LogP contribution in [-0.2, 0) is 13.6 Å². The zero-order valence-corrected chi connectivity index (χ0v) is 12.3. The highest BCUT2D eigenvalue weighted by Gasteiger charge is 2.36. The number of aryl methyl sites for hydroxylation is 2. The Balaban J connectivity index is 1.90. The maximum atomic E-state index is 12.1. The number of hydrogen-bond donors (Lipinski definition) is 2. The molecule has 0 aliphatic carbocycles. The smallest absolute Gasteiger partial charge is 0.408 e. The van der Waals surface area contributed by atoms with Gasteiger partial charge in [0.05, 0.1) is 18.3 Å². The molecule has 1 unspecified atom stereocenters. The molecule has 0 radical (unpaired) electrons. The molecule has 0 spiro atoms. The summed E-state index contributed by atoms with van der Waals surface area (Å²) >= 11 is 0. The van der Waals surface area contributed by atoms with E-state index in [4.69, 9.17) is 4.52 Å². The number of fused-ring (bicyclic) bond motifs is 1. The quantitative estimate of drug-likeness (QED) is 0.869. The van der Waals surface area contributed by atoms with Gasteiger partial charge >= 0.3 is 6.09 Å². The van der Waals surface area contributed by atoms with Crippen molar-refractivity contribution in [1.29, 1.82) is 0 Å². The molecular weight excluding hydrogens is 290 g/mol. The molecule has 0 saturated carbocycles. The van der Waals surface area contributed by atoms with E-state index in [1.165, 1.54) is 11.0 Å². The Kier molecular flexibility index (Phi) is 3.12. The molecule has 0 aromatic carbocycles. The molecular formula is C13H15N5O4. The first-order valence-electron chi connectivity index (χ1n) is 6.68. The first-order chi connectivity index (χ1) is 10.4. The summed E-state index contributed by atoms with van der Waals surface area (Å²) in [6, 6.07) is 1.14. The van der Waals surface area contributed by atoms with Crippen LogP contribution in [0.1, 0.15) is 40.5 Å². The fourth-order valence-corrected chi connectivity index (χ4v) is 2.63. The van der Waals surface area contributed by atoms with Crippen molar-refractivity contribution in [2.75, 3.05) is 5.32 Å². The summed E-state index contributed by atoms with van der Waals surface area (Å²) in [5, 5.41) is 19.8. The molecule has 0 saturated heterocycles. The third-order valence-corrected chi connectivity index (χ3v) is 3.75. The van der Waals surface area contributed by atoms with Gasteiger partial charge in [-0.1, -0.05) is 5.16 Å². The molecule has 9 nitrogen and oxygen atoms in total. The van der Waals surface area contributed by atoms with Gasteiger partial charge in [0.2, 0.25) is 0 Å². The summed E-state index contributed by atoms with van der Waals surface area (Å²) in [5.74, 6) is 0.431. The van der Waals surface area contributed by atoms with Crippen LogP contribution in [0, 0.1) is 6.92 Å². The lowest BCUT2D eigenvalue weighted by Crippen LogP contribution is -2.27. The Morgan fingerprint density at radius 2 is 2.23 bits per heavy atom. The van der Waals surface area contributed by atoms with E-state index in [0.717, 1.165) is 5.69 Å². The number of anilines is 1. The van der Waals surface area contributed by atoms with Crippen molar-refractivity contribution in [2.45, 2.75) is 26.4 Å². The van der Waals surface area contributed by atoms with E-state index in [9.17, 15) is 14.7 Å². The lowest BCUT2D eigenvalue weighted by Gasteiger charge is -2.18. The van der Waals surface area contributed by atoms with Crippen molar-refractivity contribution in [3.05, 3.63) is 28.8 Å². The minimum atomic E-state index is -1.01. The van der Waals surface area contributed by atoms with Crippen molar-refractivity contribution in [3.63, 3.8) is 0 Å². The van der Waals surface area contributed by atoms with Crippen LogP contribution in [0.15, 0.2) is 10.6 Å². The largest absolute Gasteiger partial charge is 0.465 e. The van der Waals surface area contributed by atoms with Gasteiger partial charge in [-0.25, -0.2) is 4.79 Å². The summed E-state index contributed by atoms with van der Waals surface area (Å²) in [6.07, 6.45) is -1.01. The van der Waals surface area contributed by atoms with Gasteiger partial charge in [-0.3, -0.25) is 14.4 Å². The highest BCUT2D eigenvalue weighted by Crippen LogP contribution is 2.37. The molecule has 2 aromatic heterocycles. The van der Waals surface area contributed by atoms with E-state index in [-0.39, 0.29) is 18.3 Å². The van der Waals surface area contributed by atoms with Gasteiger partial charge in [0.15, 0.2) is 11.5 Å². The fourth-order valence-electron chi connectivity index (χ4n) is 2.63. The molecule has 3 rings (SSSR count). The lowest BCUT2D eigenvalue weighted by molar-refractivity contribution is 0.101. The number of nitrogens with zero attached hydrogens (tertiary/aromatic N) is 4. The highest BCUT2D eigenvalue weighted by atomic mass is 16.5. The van der Waals surface area contributed by atoms with Gasteiger partial charge in [-0.15, -0.1) is 0 Å². The van der Waals surface area contributed by atoms with Crippen LogP contribution in [0.4, 0.5) is 10.6 Å². The number of aromatic nitrogens is 3. The minimum Gasteiger partial charge on any atom is -0.465 e. The monoisotopic (exact) mass is 305 g/mol. The number of amides is 2. The maximum absolute atomic E-state index is 12.1. The van der Waals surface area contributed by atoms with Gasteiger partial charge in [0.1, 0.15) is 5.76 Å². The van der Waals surface area contributed by atoms with Gasteiger partial charge in [0, 0.05) is 18.7 Å². The standard InChI is InChI=1S/C13H15N5O4/c1-6-4-8(16-22-6)12(19)14-11-10-7(2)18(13(20)21)5-9(10)17(3)15-11/h4,7H,5H2,1-3H3,(H,20,21)(H,14,15,19). The topological polar surface area (TPSA) is 113 Å². The number of carbonyl (C=O) groups excluding carboxylic acids is 1. The van der Waals surface area contributed by atoms with Crippen molar-refractivity contribution in [1.82, 2.24) is 19.8 Å². The van der Waals surface area contributed by atoms with Crippen molar-refractivity contribution < 1.29 is 19.2 Å². The van der Waals surface area contributed by atoms with E-state index in [1.54, 1.807) is 25.6 Å². The Bertz CT molecular complexity index is 763. The van der Waals surface area contributed by atoms with E-state index in [2.05, 4.69) is 15.6 Å². The molecule has 0 bridgehead atoms. The zero-order chi connectivity index (χ0) is 16.0. The molecule has 9 heteroatoms. The highest BCUT2D eigenvalue weighted by molar-refractivity contribution is 6.02. The Hall–Kier alpha value is -2.84. The molecule has 1 aliphatic heterocycles. The molecule has 116 valence electrons. The molecule has 3 heterocycles. The predicted octanol–water partition coefficient (Wildman–Crippen LogP) is 1.52. The first-order valence-corrected chi connectivity index (χ1v) is 6.68. The third-order valence-electron chi connectivity index (χ3n) is 3.75. The normalized spacial score (nSPS) is 16.7. The van der Waals surface area contributed by atoms with Crippen LogP contribution in [0.3, 0.4) is 0 Å². The van der Waals surface area contributed by atoms with Crippen LogP contribution in [-0.4, -0.2) is 36.9 Å². The molecule has 1 aliphatic rings. The predicted molar refractivity (Wildman–Crippen MR) is 74.4 cm³/mol. The van der Waals surface area contributed by atoms with Crippen LogP contribution >= 0.6 is 0 Å². The van der Waals surface area contributed by atoms with Gasteiger partial charge in [-0.2, -0.15) is 5.10 Å². The Morgan fingerprint density at radius 3 is 2.82 bits per heavy atom.